The van der Waals surface area contributed by atoms with Crippen molar-refractivity contribution in [3.8, 4) is 0 Å². The Labute approximate surface area is 139 Å². The molecular weight excluding hydrogens is 300 g/mol. The lowest BCUT2D eigenvalue weighted by molar-refractivity contribution is -0.112. The number of carbonyl (C=O) groups is 1. The first kappa shape index (κ1) is 14.4. The second-order valence-electron chi connectivity index (χ2n) is 5.76. The molecule has 1 aromatic carbocycles. The lowest BCUT2D eigenvalue weighted by Gasteiger charge is -2.03. The summed E-state index contributed by atoms with van der Waals surface area (Å²) in [5.74, 6) is -0.119. The molecule has 0 radical (unpaired) electrons. The predicted octanol–water partition coefficient (Wildman–Crippen LogP) is 3.67. The molecule has 0 unspecified atom stereocenters. The lowest BCUT2D eigenvalue weighted by Crippen LogP contribution is -2.12. The van der Waals surface area contributed by atoms with E-state index in [0.717, 1.165) is 29.0 Å². The molecule has 0 spiro atoms. The van der Waals surface area contributed by atoms with Crippen molar-refractivity contribution in [1.29, 1.82) is 0 Å². The maximum Gasteiger partial charge on any atom is 0.255 e. The van der Waals surface area contributed by atoms with Crippen molar-refractivity contribution in [2.24, 2.45) is 0 Å². The maximum absolute atomic E-state index is 12.5. The Hall–Kier alpha value is -3.21. The number of rotatable bonds is 3. The standard InChI is InChI=1S/C19H18N4O/c1-20-16-7-3-6-15-14-5-2-4-12(10-17(14)23-18(15)16)19(24)22-13-8-9-21-11-13/h2-4,6-11,20-21,23H,5H2,1H3,(H,22,24). The van der Waals surface area contributed by atoms with Gasteiger partial charge in [0.05, 0.1) is 16.9 Å². The number of anilines is 2. The molecule has 1 aliphatic carbocycles. The van der Waals surface area contributed by atoms with Gasteiger partial charge in [-0.25, -0.2) is 0 Å². The molecule has 5 nitrogen and oxygen atoms in total. The van der Waals surface area contributed by atoms with Crippen molar-refractivity contribution in [2.75, 3.05) is 17.7 Å². The molecule has 3 aromatic rings. The van der Waals surface area contributed by atoms with Crippen molar-refractivity contribution >= 4 is 34.3 Å². The first-order chi connectivity index (χ1) is 11.8. The van der Waals surface area contributed by atoms with Gasteiger partial charge in [-0.15, -0.1) is 0 Å². The van der Waals surface area contributed by atoms with Crippen LogP contribution in [-0.4, -0.2) is 22.9 Å². The van der Waals surface area contributed by atoms with Gasteiger partial charge in [0.1, 0.15) is 0 Å². The molecule has 0 aliphatic heterocycles. The number of aromatic amines is 2. The van der Waals surface area contributed by atoms with Crippen LogP contribution in [0.3, 0.4) is 0 Å². The summed E-state index contributed by atoms with van der Waals surface area (Å²) in [7, 11) is 1.91. The van der Waals surface area contributed by atoms with Crippen molar-refractivity contribution in [2.45, 2.75) is 6.42 Å². The molecular formula is C19H18N4O. The minimum absolute atomic E-state index is 0.119. The van der Waals surface area contributed by atoms with E-state index in [9.17, 15) is 4.79 Å². The van der Waals surface area contributed by atoms with Gasteiger partial charge in [0.2, 0.25) is 0 Å². The van der Waals surface area contributed by atoms with Crippen LogP contribution in [0.2, 0.25) is 0 Å². The molecule has 0 atom stereocenters. The number of hydrogen-bond donors (Lipinski definition) is 4. The Morgan fingerprint density at radius 3 is 2.96 bits per heavy atom. The highest BCUT2D eigenvalue weighted by molar-refractivity contribution is 6.09. The van der Waals surface area contributed by atoms with E-state index in [0.29, 0.717) is 5.57 Å². The summed E-state index contributed by atoms with van der Waals surface area (Å²) in [5.41, 5.74) is 5.71. The van der Waals surface area contributed by atoms with Crippen LogP contribution in [0.25, 0.3) is 17.0 Å². The highest BCUT2D eigenvalue weighted by Crippen LogP contribution is 2.31. The van der Waals surface area contributed by atoms with Crippen LogP contribution >= 0.6 is 0 Å². The maximum atomic E-state index is 12.5. The van der Waals surface area contributed by atoms with E-state index in [-0.39, 0.29) is 5.91 Å². The van der Waals surface area contributed by atoms with Gasteiger partial charge in [-0.2, -0.15) is 0 Å². The fourth-order valence-electron chi connectivity index (χ4n) is 3.10. The number of aromatic nitrogens is 2. The van der Waals surface area contributed by atoms with Crippen LogP contribution < -0.4 is 10.6 Å². The first-order valence-electron chi connectivity index (χ1n) is 7.90. The molecule has 0 bridgehead atoms. The summed E-state index contributed by atoms with van der Waals surface area (Å²) in [4.78, 5) is 18.9. The Morgan fingerprint density at radius 2 is 2.17 bits per heavy atom. The number of nitrogens with one attached hydrogen (secondary N) is 4. The molecule has 4 N–H and O–H groups in total. The van der Waals surface area contributed by atoms with E-state index in [1.54, 1.807) is 12.4 Å². The van der Waals surface area contributed by atoms with Crippen molar-refractivity contribution in [3.63, 3.8) is 0 Å². The third-order valence-corrected chi connectivity index (χ3v) is 4.28. The normalized spacial score (nSPS) is 13.3. The summed E-state index contributed by atoms with van der Waals surface area (Å²) < 4.78 is 0. The van der Waals surface area contributed by atoms with E-state index in [4.69, 9.17) is 0 Å². The van der Waals surface area contributed by atoms with Crippen molar-refractivity contribution in [3.05, 3.63) is 65.6 Å². The fraction of sp³-hybridized carbons (Fsp3) is 0.105. The summed E-state index contributed by atoms with van der Waals surface area (Å²) in [6, 6.07) is 8.02. The number of carbonyl (C=O) groups excluding carboxylic acids is 1. The predicted molar refractivity (Wildman–Crippen MR) is 98.1 cm³/mol. The third kappa shape index (κ3) is 2.40. The molecule has 5 heteroatoms. The molecule has 24 heavy (non-hydrogen) atoms. The Morgan fingerprint density at radius 1 is 1.25 bits per heavy atom. The average Bonchev–Trinajstić information content (AvgIpc) is 3.16. The van der Waals surface area contributed by atoms with E-state index in [1.807, 2.05) is 43.5 Å². The van der Waals surface area contributed by atoms with Gasteiger partial charge in [-0.05, 0) is 30.2 Å². The molecule has 0 saturated heterocycles. The zero-order chi connectivity index (χ0) is 16.5. The number of allylic oxidation sites excluding steroid dienone is 1. The quantitative estimate of drug-likeness (QED) is 0.595. The van der Waals surface area contributed by atoms with E-state index < -0.39 is 0 Å². The zero-order valence-electron chi connectivity index (χ0n) is 13.3. The van der Waals surface area contributed by atoms with Crippen LogP contribution in [0.5, 0.6) is 0 Å². The lowest BCUT2D eigenvalue weighted by atomic mass is 10.1. The number of H-pyrrole nitrogens is 2. The SMILES string of the molecule is CNc1cccc2c3c([nH]c12)C=C(C(=O)Nc1cc[nH]c1)C=CC3. The monoisotopic (exact) mass is 318 g/mol. The zero-order valence-corrected chi connectivity index (χ0v) is 13.3. The minimum Gasteiger partial charge on any atom is -0.386 e. The van der Waals surface area contributed by atoms with Crippen molar-refractivity contribution in [1.82, 2.24) is 9.97 Å². The van der Waals surface area contributed by atoms with Gasteiger partial charge >= 0.3 is 0 Å². The summed E-state index contributed by atoms with van der Waals surface area (Å²) in [5, 5.41) is 7.28. The molecule has 120 valence electrons. The number of hydrogen-bond acceptors (Lipinski definition) is 2. The van der Waals surface area contributed by atoms with Gasteiger partial charge in [0.25, 0.3) is 5.91 Å². The fourth-order valence-corrected chi connectivity index (χ4v) is 3.10. The third-order valence-electron chi connectivity index (χ3n) is 4.28. The topological polar surface area (TPSA) is 72.7 Å². The van der Waals surface area contributed by atoms with E-state index >= 15 is 0 Å². The van der Waals surface area contributed by atoms with Gasteiger partial charge in [0, 0.05) is 36.1 Å². The van der Waals surface area contributed by atoms with Crippen LogP contribution in [-0.2, 0) is 11.2 Å². The Balaban J connectivity index is 1.75. The molecule has 0 saturated carbocycles. The van der Waals surface area contributed by atoms with Crippen LogP contribution in [0.1, 0.15) is 11.3 Å². The summed E-state index contributed by atoms with van der Waals surface area (Å²) >= 11 is 0. The summed E-state index contributed by atoms with van der Waals surface area (Å²) in [6.07, 6.45) is 10.2. The summed E-state index contributed by atoms with van der Waals surface area (Å²) in [6.45, 7) is 0. The molecule has 2 aromatic heterocycles. The second-order valence-corrected chi connectivity index (χ2v) is 5.76. The molecule has 2 heterocycles. The number of para-hydroxylation sites is 1. The Bertz CT molecular complexity index is 961. The van der Waals surface area contributed by atoms with Crippen LogP contribution in [0.15, 0.2) is 54.4 Å². The molecule has 1 amide bonds. The number of fused-ring (bicyclic) bond motifs is 3. The first-order valence-corrected chi connectivity index (χ1v) is 7.90. The highest BCUT2D eigenvalue weighted by Gasteiger charge is 2.16. The molecule has 1 aliphatic rings. The average molecular weight is 318 g/mol. The van der Waals surface area contributed by atoms with Crippen molar-refractivity contribution < 1.29 is 4.79 Å². The smallest absolute Gasteiger partial charge is 0.255 e. The number of benzene rings is 1. The highest BCUT2D eigenvalue weighted by atomic mass is 16.1. The van der Waals surface area contributed by atoms with Gasteiger partial charge in [-0.3, -0.25) is 4.79 Å². The number of amides is 1. The van der Waals surface area contributed by atoms with E-state index in [2.05, 4.69) is 26.7 Å². The van der Waals surface area contributed by atoms with E-state index in [1.165, 1.54) is 10.9 Å². The largest absolute Gasteiger partial charge is 0.386 e. The van der Waals surface area contributed by atoms with Gasteiger partial charge in [0.15, 0.2) is 0 Å². The Kier molecular flexibility index (Phi) is 3.46. The van der Waals surface area contributed by atoms with Crippen LogP contribution in [0.4, 0.5) is 11.4 Å². The molecule has 0 fully saturated rings. The van der Waals surface area contributed by atoms with Gasteiger partial charge < -0.3 is 20.6 Å². The second kappa shape index (κ2) is 5.77. The minimum atomic E-state index is -0.119. The van der Waals surface area contributed by atoms with Gasteiger partial charge in [-0.1, -0.05) is 24.3 Å². The van der Waals surface area contributed by atoms with Crippen LogP contribution in [0, 0.1) is 0 Å². The molecule has 4 rings (SSSR count).